The van der Waals surface area contributed by atoms with Crippen LogP contribution in [0.2, 0.25) is 0 Å². The SMILES string of the molecule is CC.Cc1ccc(-n2cnnn2)nn1. The molecule has 0 atom stereocenters. The van der Waals surface area contributed by atoms with Crippen molar-refractivity contribution in [3.8, 4) is 5.82 Å². The minimum Gasteiger partial charge on any atom is -0.180 e. The third kappa shape index (κ3) is 2.32. The van der Waals surface area contributed by atoms with Gasteiger partial charge < -0.3 is 0 Å². The Kier molecular flexibility index (Phi) is 3.66. The molecule has 0 saturated heterocycles. The zero-order chi connectivity index (χ0) is 10.4. The monoisotopic (exact) mass is 192 g/mol. The highest BCUT2D eigenvalue weighted by atomic mass is 15.5. The van der Waals surface area contributed by atoms with E-state index in [2.05, 4.69) is 25.7 Å². The van der Waals surface area contributed by atoms with Crippen LogP contribution in [0.3, 0.4) is 0 Å². The molecule has 2 rings (SSSR count). The van der Waals surface area contributed by atoms with E-state index in [1.54, 1.807) is 6.07 Å². The maximum atomic E-state index is 3.89. The maximum Gasteiger partial charge on any atom is 0.179 e. The molecule has 0 aliphatic heterocycles. The summed E-state index contributed by atoms with van der Waals surface area (Å²) in [6.07, 6.45) is 1.47. The van der Waals surface area contributed by atoms with Gasteiger partial charge in [0.05, 0.1) is 5.69 Å². The Bertz CT molecular complexity index is 352. The molecule has 0 fully saturated rings. The lowest BCUT2D eigenvalue weighted by Gasteiger charge is -1.95. The number of nitrogens with zero attached hydrogens (tertiary/aromatic N) is 6. The summed E-state index contributed by atoms with van der Waals surface area (Å²) < 4.78 is 1.45. The molecule has 0 radical (unpaired) electrons. The second-order valence-corrected chi connectivity index (χ2v) is 2.29. The summed E-state index contributed by atoms with van der Waals surface area (Å²) in [5, 5.41) is 18.4. The number of tetrazole rings is 1. The first-order valence-electron chi connectivity index (χ1n) is 4.40. The van der Waals surface area contributed by atoms with Gasteiger partial charge in [-0.2, -0.15) is 9.78 Å². The van der Waals surface area contributed by atoms with Crippen LogP contribution in [-0.4, -0.2) is 30.4 Å². The summed E-state index contributed by atoms with van der Waals surface area (Å²) in [5.74, 6) is 0.616. The van der Waals surface area contributed by atoms with Crippen LogP contribution in [0.5, 0.6) is 0 Å². The van der Waals surface area contributed by atoms with Gasteiger partial charge in [0.2, 0.25) is 0 Å². The Labute approximate surface area is 82.0 Å². The van der Waals surface area contributed by atoms with Gasteiger partial charge >= 0.3 is 0 Å². The van der Waals surface area contributed by atoms with Crippen molar-refractivity contribution >= 4 is 0 Å². The van der Waals surface area contributed by atoms with E-state index < -0.39 is 0 Å². The standard InChI is InChI=1S/C6H6N6.C2H6/c1-5-2-3-6(9-8-5)12-4-7-10-11-12;1-2/h2-4H,1H3;1-2H3. The molecule has 0 bridgehead atoms. The molecule has 74 valence electrons. The van der Waals surface area contributed by atoms with Crippen LogP contribution in [0.4, 0.5) is 0 Å². The van der Waals surface area contributed by atoms with E-state index in [4.69, 9.17) is 0 Å². The van der Waals surface area contributed by atoms with E-state index in [1.165, 1.54) is 11.0 Å². The molecule has 0 spiro atoms. The summed E-state index contributed by atoms with van der Waals surface area (Å²) >= 11 is 0. The van der Waals surface area contributed by atoms with Crippen molar-refractivity contribution in [2.45, 2.75) is 20.8 Å². The fourth-order valence-electron chi connectivity index (χ4n) is 0.780. The Morgan fingerprint density at radius 1 is 1.14 bits per heavy atom. The van der Waals surface area contributed by atoms with Crippen LogP contribution in [-0.2, 0) is 0 Å². The van der Waals surface area contributed by atoms with E-state index in [9.17, 15) is 0 Å². The van der Waals surface area contributed by atoms with Crippen LogP contribution >= 0.6 is 0 Å². The van der Waals surface area contributed by atoms with Gasteiger partial charge in [-0.05, 0) is 29.5 Å². The van der Waals surface area contributed by atoms with E-state index in [0.717, 1.165) is 5.69 Å². The first-order chi connectivity index (χ1) is 6.86. The van der Waals surface area contributed by atoms with Gasteiger partial charge in [0, 0.05) is 0 Å². The minimum atomic E-state index is 0.616. The third-order valence-corrected chi connectivity index (χ3v) is 1.37. The van der Waals surface area contributed by atoms with Crippen LogP contribution in [0.15, 0.2) is 18.5 Å². The third-order valence-electron chi connectivity index (χ3n) is 1.37. The molecular formula is C8H12N6. The summed E-state index contributed by atoms with van der Waals surface area (Å²) in [4.78, 5) is 0. The Balaban J connectivity index is 0.000000461. The Morgan fingerprint density at radius 3 is 2.43 bits per heavy atom. The van der Waals surface area contributed by atoms with Crippen LogP contribution < -0.4 is 0 Å². The molecular weight excluding hydrogens is 180 g/mol. The molecule has 0 N–H and O–H groups in total. The van der Waals surface area contributed by atoms with Gasteiger partial charge in [-0.3, -0.25) is 0 Å². The molecule has 0 aliphatic rings. The number of hydrogen-bond donors (Lipinski definition) is 0. The number of aryl methyl sites for hydroxylation is 1. The number of rotatable bonds is 1. The molecule has 0 amide bonds. The highest BCUT2D eigenvalue weighted by Crippen LogP contribution is 1.98. The van der Waals surface area contributed by atoms with Crippen molar-refractivity contribution in [3.63, 3.8) is 0 Å². The molecule has 2 aromatic heterocycles. The van der Waals surface area contributed by atoms with Crippen molar-refractivity contribution in [3.05, 3.63) is 24.2 Å². The van der Waals surface area contributed by atoms with Gasteiger partial charge in [-0.15, -0.1) is 10.2 Å². The maximum absolute atomic E-state index is 3.89. The lowest BCUT2D eigenvalue weighted by atomic mass is 10.4. The minimum absolute atomic E-state index is 0.616. The molecule has 6 nitrogen and oxygen atoms in total. The lowest BCUT2D eigenvalue weighted by Crippen LogP contribution is -2.00. The van der Waals surface area contributed by atoms with E-state index >= 15 is 0 Å². The summed E-state index contributed by atoms with van der Waals surface area (Å²) in [6.45, 7) is 5.87. The normalized spacial score (nSPS) is 9.07. The van der Waals surface area contributed by atoms with Crippen molar-refractivity contribution in [2.24, 2.45) is 0 Å². The molecule has 0 saturated carbocycles. The average Bonchev–Trinajstić information content (AvgIpc) is 2.75. The molecule has 0 aromatic carbocycles. The fraction of sp³-hybridized carbons (Fsp3) is 0.375. The molecule has 6 heteroatoms. The summed E-state index contributed by atoms with van der Waals surface area (Å²) in [6, 6.07) is 3.66. The van der Waals surface area contributed by atoms with Gasteiger partial charge in [-0.25, -0.2) is 0 Å². The average molecular weight is 192 g/mol. The summed E-state index contributed by atoms with van der Waals surface area (Å²) in [5.41, 5.74) is 0.867. The fourth-order valence-corrected chi connectivity index (χ4v) is 0.780. The van der Waals surface area contributed by atoms with E-state index in [-0.39, 0.29) is 0 Å². The van der Waals surface area contributed by atoms with Crippen molar-refractivity contribution < 1.29 is 0 Å². The van der Waals surface area contributed by atoms with Crippen LogP contribution in [0, 0.1) is 6.92 Å². The van der Waals surface area contributed by atoms with Crippen molar-refractivity contribution in [1.29, 1.82) is 0 Å². The van der Waals surface area contributed by atoms with Crippen molar-refractivity contribution in [2.75, 3.05) is 0 Å². The second kappa shape index (κ2) is 5.00. The highest BCUT2D eigenvalue weighted by Gasteiger charge is 1.97. The molecule has 0 unspecified atom stereocenters. The van der Waals surface area contributed by atoms with Crippen LogP contribution in [0.25, 0.3) is 5.82 Å². The van der Waals surface area contributed by atoms with E-state index in [1.807, 2.05) is 26.8 Å². The first kappa shape index (κ1) is 10.2. The molecule has 2 heterocycles. The van der Waals surface area contributed by atoms with Gasteiger partial charge in [-0.1, -0.05) is 13.8 Å². The predicted molar refractivity (Wildman–Crippen MR) is 50.8 cm³/mol. The highest BCUT2D eigenvalue weighted by molar-refractivity contribution is 5.17. The van der Waals surface area contributed by atoms with Gasteiger partial charge in [0.15, 0.2) is 5.82 Å². The van der Waals surface area contributed by atoms with E-state index in [0.29, 0.717) is 5.82 Å². The summed E-state index contributed by atoms with van der Waals surface area (Å²) in [7, 11) is 0. The van der Waals surface area contributed by atoms with Gasteiger partial charge in [0.25, 0.3) is 0 Å². The quantitative estimate of drug-likeness (QED) is 0.668. The van der Waals surface area contributed by atoms with Gasteiger partial charge in [0.1, 0.15) is 6.33 Å². The molecule has 14 heavy (non-hydrogen) atoms. The Morgan fingerprint density at radius 2 is 1.93 bits per heavy atom. The zero-order valence-electron chi connectivity index (χ0n) is 8.42. The largest absolute Gasteiger partial charge is 0.180 e. The second-order valence-electron chi connectivity index (χ2n) is 2.29. The van der Waals surface area contributed by atoms with Crippen molar-refractivity contribution in [1.82, 2.24) is 30.4 Å². The topological polar surface area (TPSA) is 69.4 Å². The lowest BCUT2D eigenvalue weighted by molar-refractivity contribution is 0.751. The van der Waals surface area contributed by atoms with Crippen LogP contribution in [0.1, 0.15) is 19.5 Å². The molecule has 0 aliphatic carbocycles. The first-order valence-corrected chi connectivity index (χ1v) is 4.40. The zero-order valence-corrected chi connectivity index (χ0v) is 8.42. The predicted octanol–water partition coefficient (Wildman–Crippen LogP) is 0.787. The smallest absolute Gasteiger partial charge is 0.179 e. The number of aromatic nitrogens is 6. The molecule has 2 aromatic rings. The number of hydrogen-bond acceptors (Lipinski definition) is 5. The Hall–Kier alpha value is -1.85.